The van der Waals surface area contributed by atoms with E-state index in [0.29, 0.717) is 5.39 Å². The number of fused-ring (bicyclic) bond motifs is 3. The second-order valence-electron chi connectivity index (χ2n) is 7.45. The van der Waals surface area contributed by atoms with Crippen molar-refractivity contribution in [1.29, 1.82) is 0 Å². The molecular weight excluding hydrogens is 340 g/mol. The summed E-state index contributed by atoms with van der Waals surface area (Å²) in [5.74, 6) is 0. The number of benzene rings is 1. The van der Waals surface area contributed by atoms with E-state index in [2.05, 4.69) is 52.3 Å². The van der Waals surface area contributed by atoms with E-state index in [1.165, 1.54) is 0 Å². The van der Waals surface area contributed by atoms with E-state index >= 15 is 0 Å². The summed E-state index contributed by atoms with van der Waals surface area (Å²) in [6.07, 6.45) is 10.6. The molecule has 138 valence electrons. The quantitative estimate of drug-likeness (QED) is 0.761. The lowest BCUT2D eigenvalue weighted by atomic mass is 9.94. The molecule has 3 aromatic rings. The average Bonchev–Trinajstić information content (AvgIpc) is 3.07. The smallest absolute Gasteiger partial charge is 0.276 e. The van der Waals surface area contributed by atoms with Crippen LogP contribution in [0.2, 0.25) is 0 Å². The number of allylic oxidation sites excluding steroid dienone is 4. The Labute approximate surface area is 156 Å². The van der Waals surface area contributed by atoms with Crippen molar-refractivity contribution in [2.75, 3.05) is 31.2 Å². The van der Waals surface area contributed by atoms with Gasteiger partial charge in [0.2, 0.25) is 0 Å². The number of hydrogen-bond acceptors (Lipinski definition) is 4. The SMILES string of the molecule is CC1(n2[nH]c3c(cnc4cc(N5CCOCC5)ccc43)c2=O)C=CC=CC1. The van der Waals surface area contributed by atoms with Crippen molar-refractivity contribution in [3.05, 3.63) is 59.1 Å². The van der Waals surface area contributed by atoms with Gasteiger partial charge in [-0.05, 0) is 31.5 Å². The molecule has 5 rings (SSSR count). The molecule has 0 radical (unpaired) electrons. The van der Waals surface area contributed by atoms with Crippen LogP contribution in [0.3, 0.4) is 0 Å². The number of aromatic amines is 1. The Bertz CT molecular complexity index is 1130. The normalized spacial score (nSPS) is 22.8. The fourth-order valence-corrected chi connectivity index (χ4v) is 4.01. The van der Waals surface area contributed by atoms with E-state index in [0.717, 1.165) is 54.8 Å². The summed E-state index contributed by atoms with van der Waals surface area (Å²) in [5, 5.41) is 4.96. The Morgan fingerprint density at radius 3 is 2.81 bits per heavy atom. The molecule has 0 amide bonds. The highest BCUT2D eigenvalue weighted by molar-refractivity contribution is 6.03. The van der Waals surface area contributed by atoms with E-state index in [9.17, 15) is 4.79 Å². The number of H-pyrrole nitrogens is 1. The number of pyridine rings is 1. The average molecular weight is 362 g/mol. The van der Waals surface area contributed by atoms with Gasteiger partial charge in [-0.15, -0.1) is 0 Å². The summed E-state index contributed by atoms with van der Waals surface area (Å²) in [4.78, 5) is 19.9. The maximum absolute atomic E-state index is 13.0. The molecule has 0 bridgehead atoms. The molecule has 1 N–H and O–H groups in total. The lowest BCUT2D eigenvalue weighted by molar-refractivity contribution is 0.122. The molecular formula is C21H22N4O2. The third-order valence-electron chi connectivity index (χ3n) is 5.63. The summed E-state index contributed by atoms with van der Waals surface area (Å²) < 4.78 is 7.17. The Kier molecular flexibility index (Phi) is 3.68. The molecule has 1 aliphatic heterocycles. The molecule has 0 saturated carbocycles. The minimum Gasteiger partial charge on any atom is -0.378 e. The van der Waals surface area contributed by atoms with Gasteiger partial charge in [0.1, 0.15) is 0 Å². The maximum Gasteiger partial charge on any atom is 0.276 e. The lowest BCUT2D eigenvalue weighted by Crippen LogP contribution is -2.36. The molecule has 27 heavy (non-hydrogen) atoms. The Hall–Kier alpha value is -2.86. The van der Waals surface area contributed by atoms with E-state index in [-0.39, 0.29) is 11.1 Å². The molecule has 3 heterocycles. The van der Waals surface area contributed by atoms with Gasteiger partial charge in [-0.1, -0.05) is 24.3 Å². The van der Waals surface area contributed by atoms with Crippen LogP contribution in [0.25, 0.3) is 21.8 Å². The van der Waals surface area contributed by atoms with Gasteiger partial charge in [0.05, 0.1) is 35.2 Å². The third kappa shape index (κ3) is 2.59. The molecule has 1 fully saturated rings. The summed E-state index contributed by atoms with van der Waals surface area (Å²) in [6, 6.07) is 6.27. The van der Waals surface area contributed by atoms with Gasteiger partial charge in [-0.3, -0.25) is 14.9 Å². The van der Waals surface area contributed by atoms with Gasteiger partial charge >= 0.3 is 0 Å². The fourth-order valence-electron chi connectivity index (χ4n) is 4.01. The standard InChI is InChI=1S/C21H22N4O2/c1-21(7-3-2-4-8-21)25-20(26)17-14-22-18-13-15(24-9-11-27-12-10-24)5-6-16(18)19(17)23-25/h2-7,13-14,23H,8-12H2,1H3. The lowest BCUT2D eigenvalue weighted by Gasteiger charge is -2.29. The zero-order valence-electron chi connectivity index (χ0n) is 15.3. The Morgan fingerprint density at radius 2 is 2.04 bits per heavy atom. The summed E-state index contributed by atoms with van der Waals surface area (Å²) in [5.41, 5.74) is 2.47. The number of anilines is 1. The zero-order chi connectivity index (χ0) is 18.4. The van der Waals surface area contributed by atoms with E-state index in [4.69, 9.17) is 4.74 Å². The van der Waals surface area contributed by atoms with Crippen LogP contribution in [0.4, 0.5) is 5.69 Å². The number of rotatable bonds is 2. The van der Waals surface area contributed by atoms with Crippen molar-refractivity contribution in [3.63, 3.8) is 0 Å². The first-order valence-corrected chi connectivity index (χ1v) is 9.37. The zero-order valence-corrected chi connectivity index (χ0v) is 15.3. The molecule has 1 aliphatic carbocycles. The highest BCUT2D eigenvalue weighted by Gasteiger charge is 2.27. The van der Waals surface area contributed by atoms with Crippen molar-refractivity contribution >= 4 is 27.5 Å². The number of ether oxygens (including phenoxy) is 1. The molecule has 2 aliphatic rings. The number of aromatic nitrogens is 3. The van der Waals surface area contributed by atoms with Gasteiger partial charge in [0.25, 0.3) is 5.56 Å². The van der Waals surface area contributed by atoms with Crippen LogP contribution >= 0.6 is 0 Å². The largest absolute Gasteiger partial charge is 0.378 e. The van der Waals surface area contributed by atoms with E-state index in [1.54, 1.807) is 10.9 Å². The number of nitrogens with one attached hydrogen (secondary N) is 1. The van der Waals surface area contributed by atoms with Crippen LogP contribution in [-0.4, -0.2) is 41.1 Å². The van der Waals surface area contributed by atoms with Crippen molar-refractivity contribution < 1.29 is 4.74 Å². The molecule has 1 saturated heterocycles. The number of hydrogen-bond donors (Lipinski definition) is 1. The summed E-state index contributed by atoms with van der Waals surface area (Å²) in [6.45, 7) is 5.34. The van der Waals surface area contributed by atoms with Crippen LogP contribution in [0.5, 0.6) is 0 Å². The van der Waals surface area contributed by atoms with Crippen LogP contribution in [0.15, 0.2) is 53.5 Å². The predicted octanol–water partition coefficient (Wildman–Crippen LogP) is 2.95. The Morgan fingerprint density at radius 1 is 1.19 bits per heavy atom. The van der Waals surface area contributed by atoms with Crippen LogP contribution in [-0.2, 0) is 10.3 Å². The van der Waals surface area contributed by atoms with E-state index < -0.39 is 0 Å². The first-order chi connectivity index (χ1) is 13.2. The van der Waals surface area contributed by atoms with Crippen LogP contribution in [0.1, 0.15) is 13.3 Å². The second kappa shape index (κ2) is 6.09. The van der Waals surface area contributed by atoms with Crippen molar-refractivity contribution in [3.8, 4) is 0 Å². The van der Waals surface area contributed by atoms with Crippen LogP contribution in [0, 0.1) is 0 Å². The van der Waals surface area contributed by atoms with Crippen molar-refractivity contribution in [2.45, 2.75) is 18.9 Å². The molecule has 6 nitrogen and oxygen atoms in total. The highest BCUT2D eigenvalue weighted by Crippen LogP contribution is 2.29. The first kappa shape index (κ1) is 16.3. The first-order valence-electron chi connectivity index (χ1n) is 9.37. The Balaban J connectivity index is 1.64. The molecule has 1 unspecified atom stereocenters. The van der Waals surface area contributed by atoms with Gasteiger partial charge in [0.15, 0.2) is 0 Å². The fraction of sp³-hybridized carbons (Fsp3) is 0.333. The topological polar surface area (TPSA) is 63.1 Å². The van der Waals surface area contributed by atoms with Gasteiger partial charge in [-0.25, -0.2) is 4.68 Å². The monoisotopic (exact) mass is 362 g/mol. The van der Waals surface area contributed by atoms with Crippen LogP contribution < -0.4 is 10.5 Å². The summed E-state index contributed by atoms with van der Waals surface area (Å²) in [7, 11) is 0. The number of nitrogens with zero attached hydrogens (tertiary/aromatic N) is 3. The predicted molar refractivity (Wildman–Crippen MR) is 107 cm³/mol. The second-order valence-corrected chi connectivity index (χ2v) is 7.45. The highest BCUT2D eigenvalue weighted by atomic mass is 16.5. The molecule has 6 heteroatoms. The molecule has 1 atom stereocenters. The van der Waals surface area contributed by atoms with Gasteiger partial charge < -0.3 is 9.64 Å². The van der Waals surface area contributed by atoms with Gasteiger partial charge in [0, 0.05) is 30.4 Å². The number of morpholine rings is 1. The molecule has 0 spiro atoms. The maximum atomic E-state index is 13.0. The molecule has 2 aromatic heterocycles. The van der Waals surface area contributed by atoms with Crippen molar-refractivity contribution in [1.82, 2.24) is 14.8 Å². The minimum absolute atomic E-state index is 0.0286. The van der Waals surface area contributed by atoms with Crippen molar-refractivity contribution in [2.24, 2.45) is 0 Å². The third-order valence-corrected chi connectivity index (χ3v) is 5.63. The minimum atomic E-state index is -0.384. The molecule has 1 aromatic carbocycles. The summed E-state index contributed by atoms with van der Waals surface area (Å²) >= 11 is 0. The van der Waals surface area contributed by atoms with E-state index in [1.807, 2.05) is 12.2 Å². The van der Waals surface area contributed by atoms with Gasteiger partial charge in [-0.2, -0.15) is 0 Å².